The van der Waals surface area contributed by atoms with Crippen LogP contribution in [0.4, 0.5) is 26.3 Å². The highest BCUT2D eigenvalue weighted by Crippen LogP contribution is 2.77. The van der Waals surface area contributed by atoms with Gasteiger partial charge < -0.3 is 15.5 Å². The molecule has 11 nitrogen and oxygen atoms in total. The number of aromatic nitrogens is 1. The molecule has 1 aromatic heterocycles. The van der Waals surface area contributed by atoms with E-state index in [4.69, 9.17) is 0 Å². The molecule has 0 radical (unpaired) electrons. The lowest BCUT2D eigenvalue weighted by Gasteiger charge is -2.37. The Morgan fingerprint density at radius 3 is 2.30 bits per heavy atom. The van der Waals surface area contributed by atoms with Crippen LogP contribution >= 0.6 is 11.3 Å². The summed E-state index contributed by atoms with van der Waals surface area (Å²) in [5, 5.41) is 4.73. The highest BCUT2D eigenvalue weighted by Gasteiger charge is 2.93. The second-order valence-electron chi connectivity index (χ2n) is 12.5. The van der Waals surface area contributed by atoms with Crippen molar-refractivity contribution in [3.8, 4) is 0 Å². The molecule has 1 aromatic carbocycles. The van der Waals surface area contributed by atoms with Crippen molar-refractivity contribution in [3.05, 3.63) is 29.3 Å². The fraction of sp³-hybridized carbons (Fsp3) is 0.607. The molecule has 6 atom stereocenters. The van der Waals surface area contributed by atoms with E-state index >= 15 is 0 Å². The molecule has 19 heteroatoms. The molecule has 1 saturated carbocycles. The number of para-hydroxylation sites is 1. The van der Waals surface area contributed by atoms with Crippen molar-refractivity contribution >= 4 is 55.1 Å². The summed E-state index contributed by atoms with van der Waals surface area (Å²) in [6.45, 7) is 1.91. The van der Waals surface area contributed by atoms with E-state index in [0.29, 0.717) is 15.1 Å². The number of alkyl halides is 6. The summed E-state index contributed by atoms with van der Waals surface area (Å²) in [6.07, 6.45) is -11.1. The summed E-state index contributed by atoms with van der Waals surface area (Å²) in [5.41, 5.74) is -3.88. The molecule has 3 aliphatic rings. The van der Waals surface area contributed by atoms with Crippen molar-refractivity contribution < 1.29 is 53.9 Å². The average molecular weight is 712 g/mol. The topological polar surface area (TPSA) is 155 Å². The van der Waals surface area contributed by atoms with Crippen LogP contribution in [0.3, 0.4) is 0 Å². The summed E-state index contributed by atoms with van der Waals surface area (Å²) in [7, 11) is -4.09. The zero-order valence-corrected chi connectivity index (χ0v) is 26.7. The van der Waals surface area contributed by atoms with Crippen LogP contribution in [0.2, 0.25) is 0 Å². The first-order valence-electron chi connectivity index (χ1n) is 14.6. The molecular weight excluding hydrogens is 680 g/mol. The average Bonchev–Trinajstić information content (AvgIpc) is 3.28. The van der Waals surface area contributed by atoms with Crippen LogP contribution in [-0.2, 0) is 24.4 Å². The van der Waals surface area contributed by atoms with Crippen molar-refractivity contribution in [1.82, 2.24) is 25.2 Å². The van der Waals surface area contributed by atoms with Gasteiger partial charge in [-0.05, 0) is 30.9 Å². The highest BCUT2D eigenvalue weighted by molar-refractivity contribution is 7.88. The van der Waals surface area contributed by atoms with Gasteiger partial charge in [0.2, 0.25) is 33.5 Å². The van der Waals surface area contributed by atoms with E-state index in [-0.39, 0.29) is 24.4 Å². The van der Waals surface area contributed by atoms with Crippen LogP contribution < -0.4 is 15.4 Å². The molecule has 2 aromatic rings. The van der Waals surface area contributed by atoms with E-state index < -0.39 is 99.6 Å². The number of rotatable bonds is 10. The first-order valence-corrected chi connectivity index (χ1v) is 17.3. The summed E-state index contributed by atoms with van der Waals surface area (Å²) in [6, 6.07) is 1.03. The number of likely N-dealkylation sites (tertiary alicyclic amines) is 1. The van der Waals surface area contributed by atoms with E-state index in [2.05, 4.69) is 15.6 Å². The van der Waals surface area contributed by atoms with E-state index in [1.807, 2.05) is 4.72 Å². The second kappa shape index (κ2) is 12.0. The fourth-order valence-electron chi connectivity index (χ4n) is 6.88. The molecule has 3 heterocycles. The van der Waals surface area contributed by atoms with E-state index in [1.54, 1.807) is 24.3 Å². The zero-order valence-electron chi connectivity index (χ0n) is 25.1. The molecule has 47 heavy (non-hydrogen) atoms. The van der Waals surface area contributed by atoms with Crippen LogP contribution in [0.1, 0.15) is 36.5 Å². The summed E-state index contributed by atoms with van der Waals surface area (Å²) < 4.78 is 112. The summed E-state index contributed by atoms with van der Waals surface area (Å²) in [4.78, 5) is 58.5. The molecule has 1 aliphatic carbocycles. The molecule has 3 fully saturated rings. The molecule has 5 rings (SSSR count). The number of carbonyl (C=O) groups is 4. The number of benzene rings is 1. The number of amides is 3. The molecular formula is C28H31F6N5O6S2. The summed E-state index contributed by atoms with van der Waals surface area (Å²) in [5.74, 6) is -10.3. The van der Waals surface area contributed by atoms with Gasteiger partial charge in [-0.15, -0.1) is 11.3 Å². The number of hydrogen-bond acceptors (Lipinski definition) is 8. The lowest BCUT2D eigenvalue weighted by Crippen LogP contribution is -2.60. The lowest BCUT2D eigenvalue weighted by atomic mass is 9.92. The van der Waals surface area contributed by atoms with Gasteiger partial charge in [-0.3, -0.25) is 19.2 Å². The Bertz CT molecular complexity index is 1660. The number of Topliss-reactive ketones (excluding diaryl/α,β-unsaturated/α-hetero) is 1. The maximum absolute atomic E-state index is 14.3. The quantitative estimate of drug-likeness (QED) is 0.253. The van der Waals surface area contributed by atoms with Crippen molar-refractivity contribution in [2.75, 3.05) is 19.3 Å². The number of ketones is 1. The van der Waals surface area contributed by atoms with E-state index in [1.165, 1.54) is 13.8 Å². The third-order valence-electron chi connectivity index (χ3n) is 9.09. The Morgan fingerprint density at radius 1 is 1.13 bits per heavy atom. The fourth-order valence-corrected chi connectivity index (χ4v) is 8.67. The normalized spacial score (nSPS) is 25.4. The number of fused-ring (bicyclic) bond motifs is 2. The van der Waals surface area contributed by atoms with Gasteiger partial charge in [0.15, 0.2) is 10.4 Å². The predicted molar refractivity (Wildman–Crippen MR) is 155 cm³/mol. The van der Waals surface area contributed by atoms with Crippen LogP contribution in [0.15, 0.2) is 24.3 Å². The van der Waals surface area contributed by atoms with Crippen molar-refractivity contribution in [3.63, 3.8) is 0 Å². The Labute approximate surface area is 268 Å². The van der Waals surface area contributed by atoms with Gasteiger partial charge in [0.25, 0.3) is 0 Å². The third-order valence-corrected chi connectivity index (χ3v) is 10.8. The smallest absolute Gasteiger partial charge is 0.356 e. The number of thiazole rings is 1. The molecule has 2 saturated heterocycles. The lowest BCUT2D eigenvalue weighted by molar-refractivity contribution is -0.314. The minimum Gasteiger partial charge on any atom is -0.356 e. The van der Waals surface area contributed by atoms with Crippen LogP contribution in [0, 0.1) is 29.1 Å². The highest BCUT2D eigenvalue weighted by atomic mass is 32.2. The van der Waals surface area contributed by atoms with Gasteiger partial charge in [-0.1, -0.05) is 26.0 Å². The molecule has 3 amide bonds. The maximum Gasteiger partial charge on any atom is 0.403 e. The van der Waals surface area contributed by atoms with Gasteiger partial charge >= 0.3 is 12.4 Å². The van der Waals surface area contributed by atoms with Gasteiger partial charge in [0, 0.05) is 30.8 Å². The van der Waals surface area contributed by atoms with Gasteiger partial charge in [-0.25, -0.2) is 18.1 Å². The largest absolute Gasteiger partial charge is 0.403 e. The Morgan fingerprint density at radius 2 is 1.77 bits per heavy atom. The Hall–Kier alpha value is -3.32. The number of nitrogens with one attached hydrogen (secondary N) is 3. The Kier molecular flexibility index (Phi) is 8.92. The minimum atomic E-state index is -5.85. The predicted octanol–water partition coefficient (Wildman–Crippen LogP) is 2.63. The van der Waals surface area contributed by atoms with Gasteiger partial charge in [0.1, 0.15) is 12.1 Å². The molecule has 0 spiro atoms. The number of halogens is 6. The van der Waals surface area contributed by atoms with E-state index in [9.17, 15) is 53.9 Å². The first-order chi connectivity index (χ1) is 21.7. The maximum atomic E-state index is 14.3. The van der Waals surface area contributed by atoms with Gasteiger partial charge in [-0.2, -0.15) is 26.3 Å². The van der Waals surface area contributed by atoms with Crippen LogP contribution in [0.5, 0.6) is 0 Å². The molecule has 3 unspecified atom stereocenters. The van der Waals surface area contributed by atoms with Crippen molar-refractivity contribution in [1.29, 1.82) is 0 Å². The first kappa shape index (κ1) is 35.0. The Balaban J connectivity index is 1.53. The minimum absolute atomic E-state index is 0.115. The molecule has 258 valence electrons. The zero-order chi connectivity index (χ0) is 34.9. The monoisotopic (exact) mass is 711 g/mol. The molecule has 2 aliphatic heterocycles. The van der Waals surface area contributed by atoms with E-state index in [0.717, 1.165) is 17.6 Å². The molecule has 3 N–H and O–H groups in total. The van der Waals surface area contributed by atoms with Gasteiger partial charge in [0.05, 0.1) is 22.5 Å². The molecule has 0 bridgehead atoms. The van der Waals surface area contributed by atoms with Crippen LogP contribution in [-0.4, -0.2) is 91.6 Å². The standard InChI is InChI=1S/C28H31F6N5O6S2/c1-12(2)19(38-47(3,44)45)25(43)39-11-14-18(26(14,27(29,30)31)28(32,33)34)20(39)23(42)36-16(10-13-8-9-35-22(13)41)21(40)24-37-15-6-4-5-7-17(15)46-24/h4-7,12-14,16,18-20,38H,8-11H2,1-3H3,(H,35,41)(H,36,42)/t13-,14?,16-,18?,19-,20?/m0/s1. The number of nitrogens with zero attached hydrogens (tertiary/aromatic N) is 2. The number of sulfonamides is 1. The second-order valence-corrected chi connectivity index (χ2v) is 15.3. The number of carbonyl (C=O) groups excluding carboxylic acids is 4. The van der Waals surface area contributed by atoms with Crippen LogP contribution in [0.25, 0.3) is 10.2 Å². The third kappa shape index (κ3) is 6.21. The summed E-state index contributed by atoms with van der Waals surface area (Å²) >= 11 is 0.945. The van der Waals surface area contributed by atoms with Crippen molar-refractivity contribution in [2.24, 2.45) is 29.1 Å². The number of piperidine rings is 1. The SMILES string of the molecule is CC(C)[C@H](NS(C)(=O)=O)C(=O)N1CC2C(C1C(=O)N[C@@H](C[C@@H]1CCNC1=O)C(=O)c1nc3ccccc3s1)C2(C(F)(F)F)C(F)(F)F. The number of hydrogen-bond donors (Lipinski definition) is 3. The van der Waals surface area contributed by atoms with Crippen molar-refractivity contribution in [2.45, 2.75) is 57.2 Å².